The average Bonchev–Trinajstić information content (AvgIpc) is 2.51. The van der Waals surface area contributed by atoms with E-state index in [0.29, 0.717) is 12.2 Å². The van der Waals surface area contributed by atoms with Crippen LogP contribution in [0, 0.1) is 0 Å². The van der Waals surface area contributed by atoms with Gasteiger partial charge in [-0.25, -0.2) is 0 Å². The predicted octanol–water partition coefficient (Wildman–Crippen LogP) is 0.785. The van der Waals surface area contributed by atoms with Gasteiger partial charge in [-0.1, -0.05) is 0 Å². The lowest BCUT2D eigenvalue weighted by atomic mass is 10.2. The van der Waals surface area contributed by atoms with Crippen molar-refractivity contribution >= 4 is 6.29 Å². The molecular formula is C14H22N2O3. The van der Waals surface area contributed by atoms with Gasteiger partial charge in [0.05, 0.1) is 13.2 Å². The number of carbonyl (C=O) groups is 1. The number of hydrogen-bond donors (Lipinski definition) is 1. The lowest BCUT2D eigenvalue weighted by molar-refractivity contribution is 0.0322. The van der Waals surface area contributed by atoms with Crippen LogP contribution in [0.3, 0.4) is 0 Å². The molecule has 5 nitrogen and oxygen atoms in total. The van der Waals surface area contributed by atoms with Crippen molar-refractivity contribution in [1.29, 1.82) is 0 Å². The average molecular weight is 266 g/mol. The summed E-state index contributed by atoms with van der Waals surface area (Å²) in [7, 11) is 1.50. The molecule has 0 atom stereocenters. The summed E-state index contributed by atoms with van der Waals surface area (Å²) in [6.07, 6.45) is 0.831. The van der Waals surface area contributed by atoms with Gasteiger partial charge >= 0.3 is 0 Å². The third-order valence-corrected chi connectivity index (χ3v) is 2.80. The Labute approximate surface area is 114 Å². The number of aldehydes is 1. The monoisotopic (exact) mass is 266 g/mol. The number of ether oxygens (including phenoxy) is 2. The van der Waals surface area contributed by atoms with E-state index in [0.717, 1.165) is 44.9 Å². The standard InChI is InChI=1S/C13H17NO3.CH5N/c15-11-12-1-3-13(4-2-12)17-10-7-14-5-8-16-9-6-14;1-2/h1-4,11H,5-10H2;2H2,1H3. The smallest absolute Gasteiger partial charge is 0.150 e. The zero-order valence-corrected chi connectivity index (χ0v) is 11.4. The summed E-state index contributed by atoms with van der Waals surface area (Å²) >= 11 is 0. The highest BCUT2D eigenvalue weighted by Gasteiger charge is 2.09. The van der Waals surface area contributed by atoms with E-state index in [9.17, 15) is 4.79 Å². The Kier molecular flexibility index (Phi) is 7.81. The number of nitrogens with zero attached hydrogens (tertiary/aromatic N) is 1. The molecule has 0 amide bonds. The SMILES string of the molecule is CN.O=Cc1ccc(OCCN2CCOCC2)cc1. The van der Waals surface area contributed by atoms with E-state index in [1.165, 1.54) is 7.05 Å². The minimum absolute atomic E-state index is 0.667. The molecule has 2 N–H and O–H groups in total. The minimum atomic E-state index is 0.667. The maximum Gasteiger partial charge on any atom is 0.150 e. The van der Waals surface area contributed by atoms with Gasteiger partial charge in [-0.2, -0.15) is 0 Å². The van der Waals surface area contributed by atoms with Crippen LogP contribution >= 0.6 is 0 Å². The van der Waals surface area contributed by atoms with Crippen LogP contribution in [0.5, 0.6) is 5.75 Å². The third kappa shape index (κ3) is 5.83. The van der Waals surface area contributed by atoms with E-state index in [4.69, 9.17) is 9.47 Å². The first kappa shape index (κ1) is 15.6. The number of benzene rings is 1. The number of carbonyl (C=O) groups excluding carboxylic acids is 1. The molecule has 1 heterocycles. The van der Waals surface area contributed by atoms with Gasteiger partial charge in [0.1, 0.15) is 18.6 Å². The van der Waals surface area contributed by atoms with E-state index in [1.807, 2.05) is 12.1 Å². The summed E-state index contributed by atoms with van der Waals surface area (Å²) < 4.78 is 10.9. The van der Waals surface area contributed by atoms with Gasteiger partial charge < -0.3 is 15.2 Å². The number of rotatable bonds is 5. The van der Waals surface area contributed by atoms with Gasteiger partial charge in [0.25, 0.3) is 0 Å². The lowest BCUT2D eigenvalue weighted by Gasteiger charge is -2.26. The van der Waals surface area contributed by atoms with E-state index in [2.05, 4.69) is 10.6 Å². The number of hydrogen-bond acceptors (Lipinski definition) is 5. The molecule has 0 bridgehead atoms. The second kappa shape index (κ2) is 9.49. The molecule has 1 fully saturated rings. The first-order valence-corrected chi connectivity index (χ1v) is 6.44. The van der Waals surface area contributed by atoms with E-state index < -0.39 is 0 Å². The Bertz CT molecular complexity index is 348. The van der Waals surface area contributed by atoms with Crippen molar-refractivity contribution in [1.82, 2.24) is 4.90 Å². The molecule has 106 valence electrons. The van der Waals surface area contributed by atoms with Crippen molar-refractivity contribution in [3.05, 3.63) is 29.8 Å². The molecule has 0 aliphatic carbocycles. The van der Waals surface area contributed by atoms with E-state index in [-0.39, 0.29) is 0 Å². The molecule has 0 spiro atoms. The fourth-order valence-corrected chi connectivity index (χ4v) is 1.76. The molecule has 19 heavy (non-hydrogen) atoms. The Hall–Kier alpha value is -1.43. The molecular weight excluding hydrogens is 244 g/mol. The molecule has 0 saturated carbocycles. The quantitative estimate of drug-likeness (QED) is 0.798. The van der Waals surface area contributed by atoms with Crippen molar-refractivity contribution in [3.63, 3.8) is 0 Å². The summed E-state index contributed by atoms with van der Waals surface area (Å²) in [4.78, 5) is 12.8. The Morgan fingerprint density at radius 2 is 1.89 bits per heavy atom. The maximum atomic E-state index is 10.5. The van der Waals surface area contributed by atoms with Crippen LogP contribution in [0.15, 0.2) is 24.3 Å². The van der Waals surface area contributed by atoms with Crippen molar-refractivity contribution in [2.24, 2.45) is 5.73 Å². The molecule has 1 aromatic rings. The minimum Gasteiger partial charge on any atom is -0.492 e. The lowest BCUT2D eigenvalue weighted by Crippen LogP contribution is -2.38. The van der Waals surface area contributed by atoms with Gasteiger partial charge in [-0.15, -0.1) is 0 Å². The molecule has 5 heteroatoms. The van der Waals surface area contributed by atoms with Gasteiger partial charge in [0.2, 0.25) is 0 Å². The number of morpholine rings is 1. The molecule has 1 aliphatic rings. The molecule has 1 aromatic carbocycles. The second-order valence-corrected chi connectivity index (χ2v) is 3.99. The zero-order valence-electron chi connectivity index (χ0n) is 11.4. The fourth-order valence-electron chi connectivity index (χ4n) is 1.76. The summed E-state index contributed by atoms with van der Waals surface area (Å²) in [6, 6.07) is 7.17. The summed E-state index contributed by atoms with van der Waals surface area (Å²) in [5, 5.41) is 0. The van der Waals surface area contributed by atoms with Crippen LogP contribution in [-0.4, -0.2) is 57.7 Å². The molecule has 0 aromatic heterocycles. The van der Waals surface area contributed by atoms with Gasteiger partial charge in [-0.3, -0.25) is 9.69 Å². The van der Waals surface area contributed by atoms with Crippen molar-refractivity contribution in [2.45, 2.75) is 0 Å². The van der Waals surface area contributed by atoms with Gasteiger partial charge in [0.15, 0.2) is 0 Å². The molecule has 1 aliphatic heterocycles. The molecule has 1 saturated heterocycles. The second-order valence-electron chi connectivity index (χ2n) is 3.99. The fraction of sp³-hybridized carbons (Fsp3) is 0.500. The van der Waals surface area contributed by atoms with Crippen LogP contribution in [0.4, 0.5) is 0 Å². The predicted molar refractivity (Wildman–Crippen MR) is 74.7 cm³/mol. The van der Waals surface area contributed by atoms with Crippen LogP contribution in [0.1, 0.15) is 10.4 Å². The summed E-state index contributed by atoms with van der Waals surface area (Å²) in [6.45, 7) is 5.17. The summed E-state index contributed by atoms with van der Waals surface area (Å²) in [5.41, 5.74) is 5.17. The van der Waals surface area contributed by atoms with Crippen molar-refractivity contribution < 1.29 is 14.3 Å². The van der Waals surface area contributed by atoms with Gasteiger partial charge in [0, 0.05) is 25.2 Å². The normalized spacial score (nSPS) is 15.3. The van der Waals surface area contributed by atoms with E-state index >= 15 is 0 Å². The molecule has 0 radical (unpaired) electrons. The van der Waals surface area contributed by atoms with Crippen LogP contribution in [-0.2, 0) is 4.74 Å². The number of nitrogens with two attached hydrogens (primary N) is 1. The van der Waals surface area contributed by atoms with Crippen molar-refractivity contribution in [2.75, 3.05) is 46.5 Å². The van der Waals surface area contributed by atoms with E-state index in [1.54, 1.807) is 12.1 Å². The highest BCUT2D eigenvalue weighted by molar-refractivity contribution is 5.74. The highest BCUT2D eigenvalue weighted by atomic mass is 16.5. The maximum absolute atomic E-state index is 10.5. The highest BCUT2D eigenvalue weighted by Crippen LogP contribution is 2.11. The summed E-state index contributed by atoms with van der Waals surface area (Å²) in [5.74, 6) is 0.809. The third-order valence-electron chi connectivity index (χ3n) is 2.80. The Morgan fingerprint density at radius 3 is 2.47 bits per heavy atom. The first-order valence-electron chi connectivity index (χ1n) is 6.44. The molecule has 2 rings (SSSR count). The Morgan fingerprint density at radius 1 is 1.26 bits per heavy atom. The van der Waals surface area contributed by atoms with Crippen LogP contribution in [0.2, 0.25) is 0 Å². The topological polar surface area (TPSA) is 64.8 Å². The van der Waals surface area contributed by atoms with Crippen LogP contribution < -0.4 is 10.5 Å². The zero-order chi connectivity index (χ0) is 13.9. The molecule has 0 unspecified atom stereocenters. The first-order chi connectivity index (χ1) is 9.38. The van der Waals surface area contributed by atoms with Gasteiger partial charge in [-0.05, 0) is 31.3 Å². The van der Waals surface area contributed by atoms with Crippen LogP contribution in [0.25, 0.3) is 0 Å². The Balaban J connectivity index is 0.000000861. The van der Waals surface area contributed by atoms with Crippen molar-refractivity contribution in [3.8, 4) is 5.75 Å². The largest absolute Gasteiger partial charge is 0.492 e.